The number of nitrogens with one attached hydrogen (secondary N) is 3. The molecule has 3 fully saturated rings. The van der Waals surface area contributed by atoms with Crippen LogP contribution in [0.3, 0.4) is 0 Å². The summed E-state index contributed by atoms with van der Waals surface area (Å²) < 4.78 is 0. The van der Waals surface area contributed by atoms with Gasteiger partial charge in [0.25, 0.3) is 5.91 Å². The van der Waals surface area contributed by atoms with Gasteiger partial charge in [0.1, 0.15) is 6.04 Å². The third-order valence-corrected chi connectivity index (χ3v) is 6.94. The van der Waals surface area contributed by atoms with Crippen LogP contribution in [0, 0.1) is 11.8 Å². The lowest BCUT2D eigenvalue weighted by Crippen LogP contribution is -2.52. The zero-order valence-corrected chi connectivity index (χ0v) is 16.6. The maximum Gasteiger partial charge on any atom is 0.255 e. The number of amides is 3. The van der Waals surface area contributed by atoms with E-state index in [1.807, 2.05) is 12.1 Å². The molecule has 0 aromatic heterocycles. The lowest BCUT2D eigenvalue weighted by atomic mass is 9.94. The van der Waals surface area contributed by atoms with Gasteiger partial charge in [-0.25, -0.2) is 0 Å². The Morgan fingerprint density at radius 2 is 2.07 bits per heavy atom. The standard InChI is InChI=1S/C22H28N4O3/c27-20-6-5-19(21(28)25-20)26-12-15-8-13(3-4-16(15)22(26)29)10-24-18-9-17(18)14-2-1-7-23-11-14/h3-4,8,14,17-19,23-24H,1-2,5-7,9-12H2,(H,25,27,28). The van der Waals surface area contributed by atoms with Crippen molar-refractivity contribution in [3.8, 4) is 0 Å². The molecular weight excluding hydrogens is 368 g/mol. The van der Waals surface area contributed by atoms with Crippen LogP contribution in [-0.4, -0.2) is 47.8 Å². The van der Waals surface area contributed by atoms with Crippen molar-refractivity contribution in [2.75, 3.05) is 13.1 Å². The molecule has 1 aromatic rings. The fraction of sp³-hybridized carbons (Fsp3) is 0.591. The Labute approximate surface area is 170 Å². The molecule has 1 aliphatic carbocycles. The van der Waals surface area contributed by atoms with Crippen molar-refractivity contribution in [2.45, 2.75) is 57.3 Å². The zero-order chi connectivity index (χ0) is 20.0. The first-order chi connectivity index (χ1) is 14.1. The van der Waals surface area contributed by atoms with Crippen LogP contribution in [0.4, 0.5) is 0 Å². The number of nitrogens with zero attached hydrogens (tertiary/aromatic N) is 1. The van der Waals surface area contributed by atoms with Crippen molar-refractivity contribution in [3.63, 3.8) is 0 Å². The van der Waals surface area contributed by atoms with Crippen LogP contribution in [-0.2, 0) is 22.7 Å². The number of hydrogen-bond acceptors (Lipinski definition) is 5. The third-order valence-electron chi connectivity index (χ3n) is 6.94. The molecule has 3 N–H and O–H groups in total. The van der Waals surface area contributed by atoms with E-state index in [9.17, 15) is 14.4 Å². The molecule has 3 heterocycles. The summed E-state index contributed by atoms with van der Waals surface area (Å²) in [5, 5.41) is 9.54. The summed E-state index contributed by atoms with van der Waals surface area (Å²) in [5.74, 6) is 0.872. The maximum atomic E-state index is 12.8. The van der Waals surface area contributed by atoms with Crippen molar-refractivity contribution in [2.24, 2.45) is 11.8 Å². The average Bonchev–Trinajstić information content (AvgIpc) is 3.44. The molecular formula is C22H28N4O3. The van der Waals surface area contributed by atoms with Gasteiger partial charge in [0.2, 0.25) is 11.8 Å². The van der Waals surface area contributed by atoms with Crippen molar-refractivity contribution in [1.82, 2.24) is 20.9 Å². The average molecular weight is 396 g/mol. The Hall–Kier alpha value is -2.25. The fourth-order valence-corrected chi connectivity index (χ4v) is 5.20. The Morgan fingerprint density at radius 1 is 1.17 bits per heavy atom. The normalized spacial score (nSPS) is 31.6. The second-order valence-electron chi connectivity index (χ2n) is 8.88. The molecule has 1 saturated carbocycles. The number of carbonyl (C=O) groups is 3. The molecule has 4 aliphatic rings. The van der Waals surface area contributed by atoms with Crippen molar-refractivity contribution < 1.29 is 14.4 Å². The molecule has 7 nitrogen and oxygen atoms in total. The number of carbonyl (C=O) groups excluding carboxylic acids is 3. The second kappa shape index (κ2) is 7.54. The smallest absolute Gasteiger partial charge is 0.255 e. The molecule has 4 atom stereocenters. The summed E-state index contributed by atoms with van der Waals surface area (Å²) in [6.07, 6.45) is 4.57. The van der Waals surface area contributed by atoms with E-state index in [4.69, 9.17) is 0 Å². The van der Waals surface area contributed by atoms with Crippen molar-refractivity contribution in [1.29, 1.82) is 0 Å². The molecule has 0 radical (unpaired) electrons. The number of benzene rings is 1. The Kier molecular flexibility index (Phi) is 4.87. The number of rotatable bonds is 5. The monoisotopic (exact) mass is 396 g/mol. The van der Waals surface area contributed by atoms with Gasteiger partial charge in [-0.05, 0) is 67.8 Å². The Balaban J connectivity index is 1.19. The summed E-state index contributed by atoms with van der Waals surface area (Å²) in [4.78, 5) is 37.9. The predicted octanol–water partition coefficient (Wildman–Crippen LogP) is 0.925. The highest BCUT2D eigenvalue weighted by Crippen LogP contribution is 2.40. The lowest BCUT2D eigenvalue weighted by Gasteiger charge is -2.29. The van der Waals surface area contributed by atoms with Gasteiger partial charge in [-0.1, -0.05) is 12.1 Å². The summed E-state index contributed by atoms with van der Waals surface area (Å²) in [5.41, 5.74) is 2.83. The van der Waals surface area contributed by atoms with Gasteiger partial charge in [0.15, 0.2) is 0 Å². The fourth-order valence-electron chi connectivity index (χ4n) is 5.20. The van der Waals surface area contributed by atoms with E-state index < -0.39 is 6.04 Å². The van der Waals surface area contributed by atoms with Crippen LogP contribution in [0.5, 0.6) is 0 Å². The zero-order valence-electron chi connectivity index (χ0n) is 16.6. The van der Waals surface area contributed by atoms with Gasteiger partial charge in [0, 0.05) is 31.1 Å². The first kappa shape index (κ1) is 18.8. The Morgan fingerprint density at radius 3 is 2.86 bits per heavy atom. The molecule has 0 bridgehead atoms. The molecule has 5 rings (SSSR count). The minimum Gasteiger partial charge on any atom is -0.322 e. The highest BCUT2D eigenvalue weighted by atomic mass is 16.2. The lowest BCUT2D eigenvalue weighted by molar-refractivity contribution is -0.136. The SMILES string of the molecule is O=C1CCC(N2Cc3cc(CNC4CC4C4CCCNC4)ccc3C2=O)C(=O)N1. The summed E-state index contributed by atoms with van der Waals surface area (Å²) in [6, 6.07) is 6.04. The van der Waals surface area contributed by atoms with E-state index in [1.165, 1.54) is 24.8 Å². The van der Waals surface area contributed by atoms with E-state index >= 15 is 0 Å². The van der Waals surface area contributed by atoms with Crippen LogP contribution in [0.15, 0.2) is 18.2 Å². The van der Waals surface area contributed by atoms with E-state index in [0.29, 0.717) is 24.6 Å². The molecule has 29 heavy (non-hydrogen) atoms. The van der Waals surface area contributed by atoms with Gasteiger partial charge >= 0.3 is 0 Å². The molecule has 154 valence electrons. The molecule has 4 unspecified atom stereocenters. The second-order valence-corrected chi connectivity index (χ2v) is 8.88. The van der Waals surface area contributed by atoms with E-state index in [2.05, 4.69) is 22.0 Å². The van der Waals surface area contributed by atoms with Crippen LogP contribution < -0.4 is 16.0 Å². The number of piperidine rings is 2. The summed E-state index contributed by atoms with van der Waals surface area (Å²) in [7, 11) is 0. The Bertz CT molecular complexity index is 848. The highest BCUT2D eigenvalue weighted by molar-refractivity contribution is 6.05. The van der Waals surface area contributed by atoms with Crippen LogP contribution in [0.25, 0.3) is 0 Å². The maximum absolute atomic E-state index is 12.8. The summed E-state index contributed by atoms with van der Waals surface area (Å²) >= 11 is 0. The highest BCUT2D eigenvalue weighted by Gasteiger charge is 2.43. The first-order valence-corrected chi connectivity index (χ1v) is 10.8. The summed E-state index contributed by atoms with van der Waals surface area (Å²) in [6.45, 7) is 3.56. The van der Waals surface area contributed by atoms with E-state index in [-0.39, 0.29) is 24.1 Å². The third kappa shape index (κ3) is 3.69. The molecule has 7 heteroatoms. The number of fused-ring (bicyclic) bond motifs is 1. The first-order valence-electron chi connectivity index (χ1n) is 10.8. The largest absolute Gasteiger partial charge is 0.322 e. The van der Waals surface area contributed by atoms with Crippen LogP contribution >= 0.6 is 0 Å². The minimum absolute atomic E-state index is 0.110. The molecule has 1 aromatic carbocycles. The predicted molar refractivity (Wildman–Crippen MR) is 107 cm³/mol. The van der Waals surface area contributed by atoms with Gasteiger partial charge in [-0.2, -0.15) is 0 Å². The van der Waals surface area contributed by atoms with Gasteiger partial charge in [0.05, 0.1) is 0 Å². The molecule has 0 spiro atoms. The minimum atomic E-state index is -0.550. The van der Waals surface area contributed by atoms with Gasteiger partial charge in [-0.15, -0.1) is 0 Å². The molecule has 3 amide bonds. The van der Waals surface area contributed by atoms with Crippen LogP contribution in [0.1, 0.15) is 53.6 Å². The van der Waals surface area contributed by atoms with E-state index in [1.54, 1.807) is 4.90 Å². The van der Waals surface area contributed by atoms with E-state index in [0.717, 1.165) is 37.0 Å². The quantitative estimate of drug-likeness (QED) is 0.644. The van der Waals surface area contributed by atoms with Crippen molar-refractivity contribution in [3.05, 3.63) is 34.9 Å². The van der Waals surface area contributed by atoms with Gasteiger partial charge < -0.3 is 15.5 Å². The van der Waals surface area contributed by atoms with Gasteiger partial charge in [-0.3, -0.25) is 19.7 Å². The topological polar surface area (TPSA) is 90.5 Å². The molecule has 2 saturated heterocycles. The molecule has 3 aliphatic heterocycles. The number of hydrogen-bond donors (Lipinski definition) is 3. The number of imide groups is 1. The van der Waals surface area contributed by atoms with Crippen LogP contribution in [0.2, 0.25) is 0 Å². The van der Waals surface area contributed by atoms with Crippen molar-refractivity contribution >= 4 is 17.7 Å².